The van der Waals surface area contributed by atoms with Crippen LogP contribution in [0.15, 0.2) is 18.2 Å². The molecule has 4 nitrogen and oxygen atoms in total. The van der Waals surface area contributed by atoms with E-state index in [2.05, 4.69) is 11.0 Å². The molecule has 0 heterocycles. The van der Waals surface area contributed by atoms with E-state index in [1.165, 1.54) is 25.7 Å². The van der Waals surface area contributed by atoms with Gasteiger partial charge in [-0.15, -0.1) is 0 Å². The Bertz CT molecular complexity index is 428. The summed E-state index contributed by atoms with van der Waals surface area (Å²) in [6.45, 7) is 2.79. The third-order valence-electron chi connectivity index (χ3n) is 4.13. The molecule has 1 saturated carbocycles. The minimum atomic E-state index is -0.0938. The summed E-state index contributed by atoms with van der Waals surface area (Å²) in [6.07, 6.45) is 4.92. The molecule has 1 aliphatic carbocycles. The number of nitrogens with zero attached hydrogens (tertiary/aromatic N) is 1. The fourth-order valence-electron chi connectivity index (χ4n) is 3.24. The molecule has 20 heavy (non-hydrogen) atoms. The Morgan fingerprint density at radius 2 is 2.10 bits per heavy atom. The van der Waals surface area contributed by atoms with E-state index in [9.17, 15) is 5.11 Å². The third kappa shape index (κ3) is 3.07. The molecule has 1 aliphatic rings. The summed E-state index contributed by atoms with van der Waals surface area (Å²) in [7, 11) is 1.68. The molecule has 0 aromatic heterocycles. The number of rotatable bonds is 6. The van der Waals surface area contributed by atoms with Gasteiger partial charge in [0.15, 0.2) is 0 Å². The van der Waals surface area contributed by atoms with Crippen LogP contribution in [-0.4, -0.2) is 31.4 Å². The molecule has 2 rings (SSSR count). The van der Waals surface area contributed by atoms with Gasteiger partial charge in [0, 0.05) is 29.9 Å². The Labute approximate surface area is 121 Å². The zero-order valence-electron chi connectivity index (χ0n) is 12.5. The molecule has 0 bridgehead atoms. The summed E-state index contributed by atoms with van der Waals surface area (Å²) >= 11 is 0. The Hall–Kier alpha value is -1.26. The molecule has 1 aromatic rings. The maximum Gasteiger partial charge on any atom is 0.125 e. The van der Waals surface area contributed by atoms with Gasteiger partial charge in [0.25, 0.3) is 0 Å². The molecule has 1 fully saturated rings. The maximum absolute atomic E-state index is 9.41. The normalized spacial score (nSPS) is 17.2. The first kappa shape index (κ1) is 15.1. The zero-order chi connectivity index (χ0) is 14.5. The van der Waals surface area contributed by atoms with Gasteiger partial charge in [0.1, 0.15) is 5.75 Å². The van der Waals surface area contributed by atoms with E-state index in [0.29, 0.717) is 12.6 Å². The zero-order valence-corrected chi connectivity index (χ0v) is 12.5. The van der Waals surface area contributed by atoms with E-state index in [0.717, 1.165) is 17.0 Å². The van der Waals surface area contributed by atoms with Crippen LogP contribution in [0.2, 0.25) is 0 Å². The third-order valence-corrected chi connectivity index (χ3v) is 4.13. The van der Waals surface area contributed by atoms with Crippen LogP contribution in [0.3, 0.4) is 0 Å². The lowest BCUT2D eigenvalue weighted by molar-refractivity contribution is 0.297. The van der Waals surface area contributed by atoms with Gasteiger partial charge >= 0.3 is 0 Å². The molecule has 0 radical (unpaired) electrons. The van der Waals surface area contributed by atoms with Gasteiger partial charge in [0.2, 0.25) is 0 Å². The first-order valence-electron chi connectivity index (χ1n) is 7.49. The Morgan fingerprint density at radius 1 is 1.40 bits per heavy atom. The van der Waals surface area contributed by atoms with Crippen LogP contribution < -0.4 is 15.4 Å². The van der Waals surface area contributed by atoms with Crippen LogP contribution in [0, 0.1) is 0 Å². The number of aliphatic hydroxyl groups excluding tert-OH is 1. The highest BCUT2D eigenvalue weighted by atomic mass is 16.5. The summed E-state index contributed by atoms with van der Waals surface area (Å²) < 4.78 is 5.47. The maximum atomic E-state index is 9.41. The van der Waals surface area contributed by atoms with Gasteiger partial charge in [-0.3, -0.25) is 0 Å². The second kappa shape index (κ2) is 6.95. The van der Waals surface area contributed by atoms with Crippen molar-refractivity contribution in [3.8, 4) is 5.75 Å². The minimum absolute atomic E-state index is 0.0938. The Balaban J connectivity index is 2.41. The monoisotopic (exact) mass is 278 g/mol. The first-order chi connectivity index (χ1) is 9.69. The molecule has 4 heteroatoms. The highest BCUT2D eigenvalue weighted by Gasteiger charge is 2.26. The molecule has 0 saturated heterocycles. The van der Waals surface area contributed by atoms with Crippen LogP contribution in [0.5, 0.6) is 5.75 Å². The SMILES string of the molecule is COc1cccc(N(CCO)C2CCCC2)c1[C@@H](C)N. The van der Waals surface area contributed by atoms with Crippen LogP contribution >= 0.6 is 0 Å². The molecule has 0 spiro atoms. The highest BCUT2D eigenvalue weighted by Crippen LogP contribution is 2.37. The number of nitrogens with two attached hydrogens (primary N) is 1. The smallest absolute Gasteiger partial charge is 0.125 e. The lowest BCUT2D eigenvalue weighted by atomic mass is 10.0. The van der Waals surface area contributed by atoms with Crippen LogP contribution in [-0.2, 0) is 0 Å². The number of benzene rings is 1. The van der Waals surface area contributed by atoms with Gasteiger partial charge < -0.3 is 20.5 Å². The van der Waals surface area contributed by atoms with E-state index in [4.69, 9.17) is 10.5 Å². The molecule has 1 atom stereocenters. The van der Waals surface area contributed by atoms with Crippen molar-refractivity contribution in [2.75, 3.05) is 25.2 Å². The number of aliphatic hydroxyl groups is 1. The number of ether oxygens (including phenoxy) is 1. The van der Waals surface area contributed by atoms with Crippen molar-refractivity contribution < 1.29 is 9.84 Å². The van der Waals surface area contributed by atoms with Crippen molar-refractivity contribution in [2.24, 2.45) is 5.73 Å². The largest absolute Gasteiger partial charge is 0.496 e. The van der Waals surface area contributed by atoms with Gasteiger partial charge in [-0.2, -0.15) is 0 Å². The van der Waals surface area contributed by atoms with E-state index < -0.39 is 0 Å². The Morgan fingerprint density at radius 3 is 2.65 bits per heavy atom. The van der Waals surface area contributed by atoms with E-state index >= 15 is 0 Å². The molecule has 1 aromatic carbocycles. The predicted octanol–water partition coefficient (Wildman–Crippen LogP) is 2.46. The average molecular weight is 278 g/mol. The number of methoxy groups -OCH3 is 1. The highest BCUT2D eigenvalue weighted by molar-refractivity contribution is 5.61. The fourth-order valence-corrected chi connectivity index (χ4v) is 3.24. The van der Waals surface area contributed by atoms with Crippen LogP contribution in [0.1, 0.15) is 44.2 Å². The molecule has 3 N–H and O–H groups in total. The van der Waals surface area contributed by atoms with Crippen LogP contribution in [0.4, 0.5) is 5.69 Å². The van der Waals surface area contributed by atoms with Crippen molar-refractivity contribution in [2.45, 2.75) is 44.7 Å². The van der Waals surface area contributed by atoms with Gasteiger partial charge in [-0.25, -0.2) is 0 Å². The quantitative estimate of drug-likeness (QED) is 0.839. The van der Waals surface area contributed by atoms with Crippen LogP contribution in [0.25, 0.3) is 0 Å². The van der Waals surface area contributed by atoms with E-state index in [1.54, 1.807) is 7.11 Å². The summed E-state index contributed by atoms with van der Waals surface area (Å²) in [6, 6.07) is 6.46. The minimum Gasteiger partial charge on any atom is -0.496 e. The second-order valence-corrected chi connectivity index (χ2v) is 5.54. The van der Waals surface area contributed by atoms with Crippen molar-refractivity contribution in [3.05, 3.63) is 23.8 Å². The standard InChI is InChI=1S/C16H26N2O2/c1-12(17)16-14(8-5-9-15(16)20-2)18(10-11-19)13-6-3-4-7-13/h5,8-9,12-13,19H,3-4,6-7,10-11,17H2,1-2H3/t12-/m1/s1. The summed E-state index contributed by atoms with van der Waals surface area (Å²) in [4.78, 5) is 2.31. The van der Waals surface area contributed by atoms with E-state index in [-0.39, 0.29) is 12.6 Å². The average Bonchev–Trinajstić information content (AvgIpc) is 2.97. The topological polar surface area (TPSA) is 58.7 Å². The lowest BCUT2D eigenvalue weighted by Gasteiger charge is -2.33. The number of anilines is 1. The molecular weight excluding hydrogens is 252 g/mol. The van der Waals surface area contributed by atoms with Gasteiger partial charge in [-0.1, -0.05) is 18.9 Å². The molecule has 112 valence electrons. The predicted molar refractivity (Wildman–Crippen MR) is 82.3 cm³/mol. The second-order valence-electron chi connectivity index (χ2n) is 5.54. The summed E-state index contributed by atoms with van der Waals surface area (Å²) in [5.41, 5.74) is 8.30. The van der Waals surface area contributed by atoms with Crippen molar-refractivity contribution in [1.29, 1.82) is 0 Å². The number of hydrogen-bond acceptors (Lipinski definition) is 4. The first-order valence-corrected chi connectivity index (χ1v) is 7.49. The Kier molecular flexibility index (Phi) is 5.26. The molecular formula is C16H26N2O2. The molecule has 0 amide bonds. The molecule has 0 aliphatic heterocycles. The lowest BCUT2D eigenvalue weighted by Crippen LogP contribution is -2.36. The van der Waals surface area contributed by atoms with Gasteiger partial charge in [-0.05, 0) is 31.9 Å². The van der Waals surface area contributed by atoms with Crippen molar-refractivity contribution in [3.63, 3.8) is 0 Å². The summed E-state index contributed by atoms with van der Waals surface area (Å²) in [5.74, 6) is 0.832. The van der Waals surface area contributed by atoms with Gasteiger partial charge in [0.05, 0.1) is 13.7 Å². The van der Waals surface area contributed by atoms with E-state index in [1.807, 2.05) is 19.1 Å². The number of hydrogen-bond donors (Lipinski definition) is 2. The fraction of sp³-hybridized carbons (Fsp3) is 0.625. The van der Waals surface area contributed by atoms with Crippen molar-refractivity contribution >= 4 is 5.69 Å². The molecule has 0 unspecified atom stereocenters. The summed E-state index contributed by atoms with van der Waals surface area (Å²) in [5, 5.41) is 9.41. The van der Waals surface area contributed by atoms with Crippen molar-refractivity contribution in [1.82, 2.24) is 0 Å².